The fourth-order valence-corrected chi connectivity index (χ4v) is 3.10. The molecule has 0 aliphatic carbocycles. The van der Waals surface area contributed by atoms with Crippen molar-refractivity contribution in [2.24, 2.45) is 0 Å². The molecule has 0 bridgehead atoms. The van der Waals surface area contributed by atoms with E-state index in [9.17, 15) is 4.79 Å². The Hall–Kier alpha value is -2.94. The lowest BCUT2D eigenvalue weighted by molar-refractivity contribution is 0.312. The monoisotopic (exact) mass is 341 g/mol. The fraction of sp³-hybridized carbons (Fsp3) is 0.375. The molecule has 3 aromatic heterocycles. The lowest BCUT2D eigenvalue weighted by Gasteiger charge is -2.17. The van der Waals surface area contributed by atoms with Gasteiger partial charge < -0.3 is 15.0 Å². The van der Waals surface area contributed by atoms with Gasteiger partial charge in [0.25, 0.3) is 0 Å². The zero-order valence-electron chi connectivity index (χ0n) is 13.8. The molecule has 4 rings (SSSR count). The molecule has 9 nitrogen and oxygen atoms in total. The maximum absolute atomic E-state index is 11.6. The van der Waals surface area contributed by atoms with Crippen molar-refractivity contribution in [2.75, 3.05) is 18.9 Å². The summed E-state index contributed by atoms with van der Waals surface area (Å²) in [5.41, 5.74) is 7.90. The Morgan fingerprint density at radius 3 is 3.16 bits per heavy atom. The predicted molar refractivity (Wildman–Crippen MR) is 92.4 cm³/mol. The van der Waals surface area contributed by atoms with E-state index in [4.69, 9.17) is 10.5 Å². The zero-order valence-corrected chi connectivity index (χ0v) is 13.8. The molecule has 0 fully saturated rings. The van der Waals surface area contributed by atoms with Crippen molar-refractivity contribution in [3.63, 3.8) is 0 Å². The molecule has 4 N–H and O–H groups in total. The largest absolute Gasteiger partial charge is 0.476 e. The number of rotatable bonds is 3. The Morgan fingerprint density at radius 1 is 1.44 bits per heavy atom. The van der Waals surface area contributed by atoms with E-state index in [1.807, 2.05) is 18.5 Å². The van der Waals surface area contributed by atoms with Crippen molar-refractivity contribution in [2.45, 2.75) is 25.9 Å². The van der Waals surface area contributed by atoms with E-state index in [1.54, 1.807) is 0 Å². The van der Waals surface area contributed by atoms with Crippen molar-refractivity contribution in [1.82, 2.24) is 29.8 Å². The van der Waals surface area contributed by atoms with E-state index in [-0.39, 0.29) is 11.7 Å². The molecule has 1 unspecified atom stereocenters. The van der Waals surface area contributed by atoms with E-state index < -0.39 is 11.7 Å². The number of aromatic nitrogens is 5. The maximum atomic E-state index is 11.6. The van der Waals surface area contributed by atoms with Gasteiger partial charge in [-0.15, -0.1) is 0 Å². The third-order valence-electron chi connectivity index (χ3n) is 4.20. The number of ether oxygens (including phenoxy) is 1. The highest BCUT2D eigenvalue weighted by molar-refractivity contribution is 5.74. The van der Waals surface area contributed by atoms with Crippen LogP contribution >= 0.6 is 0 Å². The maximum Gasteiger partial charge on any atom is 0.349 e. The third-order valence-corrected chi connectivity index (χ3v) is 4.20. The normalized spacial score (nSPS) is 17.1. The first-order valence-electron chi connectivity index (χ1n) is 8.25. The number of nitrogens with zero attached hydrogens (tertiary/aromatic N) is 4. The molecule has 9 heteroatoms. The van der Waals surface area contributed by atoms with Crippen molar-refractivity contribution in [1.29, 1.82) is 0 Å². The van der Waals surface area contributed by atoms with Gasteiger partial charge in [-0.3, -0.25) is 10.3 Å². The molecule has 1 aliphatic rings. The lowest BCUT2D eigenvalue weighted by Crippen LogP contribution is -2.27. The topological polar surface area (TPSA) is 124 Å². The second kappa shape index (κ2) is 6.17. The van der Waals surface area contributed by atoms with E-state index in [2.05, 4.69) is 36.7 Å². The highest BCUT2D eigenvalue weighted by atomic mass is 16.5. The van der Waals surface area contributed by atoms with Crippen LogP contribution in [0.2, 0.25) is 0 Å². The molecule has 1 atom stereocenters. The number of nitrogens with one attached hydrogen (secondary N) is 2. The Kier molecular flexibility index (Phi) is 3.85. The SMILES string of the molecule is CCCn1ccc2nc(C3NCCOc4nc(=O)[nH]c(N)c43)ncc21. The summed E-state index contributed by atoms with van der Waals surface area (Å²) in [5.74, 6) is 0.999. The zero-order chi connectivity index (χ0) is 17.4. The summed E-state index contributed by atoms with van der Waals surface area (Å²) in [5, 5.41) is 3.31. The molecular weight excluding hydrogens is 322 g/mol. The highest BCUT2D eigenvalue weighted by Gasteiger charge is 2.28. The molecule has 4 heterocycles. The Labute approximate surface area is 143 Å². The molecule has 0 saturated heterocycles. The van der Waals surface area contributed by atoms with Crippen molar-refractivity contribution < 1.29 is 4.74 Å². The Morgan fingerprint density at radius 2 is 2.32 bits per heavy atom. The molecule has 0 saturated carbocycles. The number of fused-ring (bicyclic) bond motifs is 2. The van der Waals surface area contributed by atoms with E-state index >= 15 is 0 Å². The number of H-pyrrole nitrogens is 1. The van der Waals surface area contributed by atoms with Gasteiger partial charge in [0.05, 0.1) is 22.8 Å². The number of anilines is 1. The second-order valence-electron chi connectivity index (χ2n) is 5.92. The Bertz CT molecular complexity index is 978. The minimum atomic E-state index is -0.537. The number of nitrogens with two attached hydrogens (primary N) is 1. The average Bonchev–Trinajstić information content (AvgIpc) is 2.85. The standard InChI is InChI=1S/C16H19N7O2/c1-2-5-23-6-3-9-10(23)8-19-14(20-9)12-11-13(17)21-16(24)22-15(11)25-7-4-18-12/h3,6,8,12,18H,2,4-5,7H2,1H3,(H3,17,21,22,24). The number of hydrogen-bond acceptors (Lipinski definition) is 7. The van der Waals surface area contributed by atoms with Crippen LogP contribution in [0.15, 0.2) is 23.3 Å². The van der Waals surface area contributed by atoms with Gasteiger partial charge in [-0.2, -0.15) is 4.98 Å². The lowest BCUT2D eigenvalue weighted by atomic mass is 10.1. The molecule has 0 spiro atoms. The molecule has 25 heavy (non-hydrogen) atoms. The van der Waals surface area contributed by atoms with Crippen molar-refractivity contribution in [3.8, 4) is 5.88 Å². The summed E-state index contributed by atoms with van der Waals surface area (Å²) >= 11 is 0. The second-order valence-corrected chi connectivity index (χ2v) is 5.92. The van der Waals surface area contributed by atoms with E-state index in [1.165, 1.54) is 0 Å². The molecule has 1 aliphatic heterocycles. The first-order chi connectivity index (χ1) is 12.2. The summed E-state index contributed by atoms with van der Waals surface area (Å²) in [6, 6.07) is 1.57. The van der Waals surface area contributed by atoms with Crippen LogP contribution in [-0.2, 0) is 6.54 Å². The summed E-state index contributed by atoms with van der Waals surface area (Å²) in [6.07, 6.45) is 4.86. The van der Waals surface area contributed by atoms with Crippen LogP contribution in [-0.4, -0.2) is 37.7 Å². The number of hydrogen-bond donors (Lipinski definition) is 3. The van der Waals surface area contributed by atoms with Crippen molar-refractivity contribution >= 4 is 16.9 Å². The molecule has 0 amide bonds. The van der Waals surface area contributed by atoms with Crippen LogP contribution in [0.3, 0.4) is 0 Å². The van der Waals surface area contributed by atoms with Gasteiger partial charge in [-0.05, 0) is 12.5 Å². The smallest absolute Gasteiger partial charge is 0.349 e. The summed E-state index contributed by atoms with van der Waals surface area (Å²) in [7, 11) is 0. The van der Waals surface area contributed by atoms with Gasteiger partial charge in [0.1, 0.15) is 18.5 Å². The quantitative estimate of drug-likeness (QED) is 0.636. The third kappa shape index (κ3) is 2.72. The van der Waals surface area contributed by atoms with Crippen LogP contribution in [0.4, 0.5) is 5.82 Å². The molecular formula is C16H19N7O2. The fourth-order valence-electron chi connectivity index (χ4n) is 3.10. The predicted octanol–water partition coefficient (Wildman–Crippen LogP) is 0.578. The summed E-state index contributed by atoms with van der Waals surface area (Å²) in [4.78, 5) is 27.2. The highest BCUT2D eigenvalue weighted by Crippen LogP contribution is 2.31. The van der Waals surface area contributed by atoms with Gasteiger partial charge in [0.15, 0.2) is 5.82 Å². The number of aromatic amines is 1. The van der Waals surface area contributed by atoms with Gasteiger partial charge in [0.2, 0.25) is 5.88 Å². The Balaban J connectivity index is 1.82. The van der Waals surface area contributed by atoms with Crippen LogP contribution < -0.4 is 21.5 Å². The summed E-state index contributed by atoms with van der Waals surface area (Å²) < 4.78 is 7.68. The minimum absolute atomic E-state index is 0.210. The van der Waals surface area contributed by atoms with Crippen LogP contribution in [0.1, 0.15) is 30.8 Å². The van der Waals surface area contributed by atoms with E-state index in [0.717, 1.165) is 24.0 Å². The molecule has 0 radical (unpaired) electrons. The van der Waals surface area contributed by atoms with Crippen LogP contribution in [0.5, 0.6) is 5.88 Å². The summed E-state index contributed by atoms with van der Waals surface area (Å²) in [6.45, 7) is 3.99. The van der Waals surface area contributed by atoms with Crippen LogP contribution in [0, 0.1) is 0 Å². The first-order valence-corrected chi connectivity index (χ1v) is 8.25. The van der Waals surface area contributed by atoms with E-state index in [0.29, 0.717) is 24.5 Å². The first kappa shape index (κ1) is 15.6. The van der Waals surface area contributed by atoms with Crippen molar-refractivity contribution in [3.05, 3.63) is 40.3 Å². The van der Waals surface area contributed by atoms with Gasteiger partial charge in [-0.1, -0.05) is 6.92 Å². The number of aryl methyl sites for hydroxylation is 1. The van der Waals surface area contributed by atoms with Gasteiger partial charge >= 0.3 is 5.69 Å². The molecule has 0 aromatic carbocycles. The van der Waals surface area contributed by atoms with Gasteiger partial charge in [0, 0.05) is 19.3 Å². The molecule has 3 aromatic rings. The minimum Gasteiger partial charge on any atom is -0.476 e. The van der Waals surface area contributed by atoms with Gasteiger partial charge in [-0.25, -0.2) is 14.8 Å². The molecule has 130 valence electrons. The number of nitrogen functional groups attached to an aromatic ring is 1. The van der Waals surface area contributed by atoms with Crippen LogP contribution in [0.25, 0.3) is 11.0 Å². The average molecular weight is 341 g/mol.